The van der Waals surface area contributed by atoms with Crippen LogP contribution in [0, 0.1) is 20.8 Å². The molecule has 0 atom stereocenters. The Hall–Kier alpha value is -3.52. The molecule has 3 heterocycles. The Labute approximate surface area is 225 Å². The van der Waals surface area contributed by atoms with Crippen molar-refractivity contribution in [1.29, 1.82) is 0 Å². The molecular formula is C29H31BrN4O3. The van der Waals surface area contributed by atoms with E-state index in [1.165, 1.54) is 0 Å². The zero-order chi connectivity index (χ0) is 26.9. The van der Waals surface area contributed by atoms with Gasteiger partial charge in [-0.05, 0) is 71.6 Å². The van der Waals surface area contributed by atoms with Crippen molar-refractivity contribution < 1.29 is 9.47 Å². The third-order valence-corrected chi connectivity index (χ3v) is 6.76. The number of nitrogens with zero attached hydrogens (tertiary/aromatic N) is 4. The molecule has 0 aliphatic rings. The molecule has 0 spiro atoms. The standard InChI is InChI=1S/C29H31BrN4O3/c1-17-14-31-22(26-18(2)15-32-28(33-26)29(4,5)6)13-23(17)34-19(3)11-24(25(30)27(34)35)37-16-20-9-8-10-21(12-20)36-7/h8-15H,16H2,1-7H3. The molecule has 0 saturated carbocycles. The predicted molar refractivity (Wildman–Crippen MR) is 149 cm³/mol. The normalized spacial score (nSPS) is 11.5. The maximum absolute atomic E-state index is 13.5. The quantitative estimate of drug-likeness (QED) is 0.276. The van der Waals surface area contributed by atoms with E-state index in [-0.39, 0.29) is 11.0 Å². The molecule has 0 N–H and O–H groups in total. The number of benzene rings is 1. The summed E-state index contributed by atoms with van der Waals surface area (Å²) >= 11 is 3.48. The van der Waals surface area contributed by atoms with E-state index in [0.29, 0.717) is 22.5 Å². The SMILES string of the molecule is COc1cccc(COc2cc(C)n(-c3cc(-c4nc(C(C)(C)C)ncc4C)ncc3C)c(=O)c2Br)c1. The molecular weight excluding hydrogens is 532 g/mol. The Kier molecular flexibility index (Phi) is 7.50. The van der Waals surface area contributed by atoms with Crippen LogP contribution in [0.4, 0.5) is 0 Å². The smallest absolute Gasteiger partial charge is 0.273 e. The highest BCUT2D eigenvalue weighted by Crippen LogP contribution is 2.29. The molecule has 0 aliphatic heterocycles. The maximum atomic E-state index is 13.5. The van der Waals surface area contributed by atoms with Gasteiger partial charge in [0.1, 0.15) is 28.4 Å². The number of rotatable bonds is 6. The van der Waals surface area contributed by atoms with E-state index < -0.39 is 0 Å². The second kappa shape index (κ2) is 10.5. The minimum Gasteiger partial charge on any atom is -0.497 e. The lowest BCUT2D eigenvalue weighted by atomic mass is 9.95. The molecule has 0 aliphatic carbocycles. The van der Waals surface area contributed by atoms with Crippen molar-refractivity contribution in [3.8, 4) is 28.6 Å². The molecule has 37 heavy (non-hydrogen) atoms. The van der Waals surface area contributed by atoms with E-state index in [1.54, 1.807) is 17.9 Å². The van der Waals surface area contributed by atoms with Gasteiger partial charge in [-0.15, -0.1) is 0 Å². The Morgan fingerprint density at radius 1 is 1.00 bits per heavy atom. The van der Waals surface area contributed by atoms with Crippen molar-refractivity contribution in [3.05, 3.63) is 91.8 Å². The summed E-state index contributed by atoms with van der Waals surface area (Å²) in [5.41, 5.74) is 5.24. The summed E-state index contributed by atoms with van der Waals surface area (Å²) < 4.78 is 13.3. The summed E-state index contributed by atoms with van der Waals surface area (Å²) in [6.07, 6.45) is 3.60. The molecule has 0 amide bonds. The van der Waals surface area contributed by atoms with Crippen molar-refractivity contribution in [3.63, 3.8) is 0 Å². The summed E-state index contributed by atoms with van der Waals surface area (Å²) in [5.74, 6) is 1.98. The van der Waals surface area contributed by atoms with Gasteiger partial charge in [0.05, 0.1) is 24.2 Å². The Balaban J connectivity index is 1.73. The van der Waals surface area contributed by atoms with Gasteiger partial charge in [-0.2, -0.15) is 0 Å². The molecule has 8 heteroatoms. The second-order valence-corrected chi connectivity index (χ2v) is 10.9. The summed E-state index contributed by atoms with van der Waals surface area (Å²) in [7, 11) is 1.63. The molecule has 4 rings (SSSR count). The first-order chi connectivity index (χ1) is 17.5. The van der Waals surface area contributed by atoms with Crippen molar-refractivity contribution in [1.82, 2.24) is 19.5 Å². The molecule has 0 saturated heterocycles. The highest BCUT2D eigenvalue weighted by molar-refractivity contribution is 9.10. The maximum Gasteiger partial charge on any atom is 0.273 e. The van der Waals surface area contributed by atoms with E-state index in [9.17, 15) is 4.79 Å². The van der Waals surface area contributed by atoms with E-state index in [4.69, 9.17) is 14.5 Å². The van der Waals surface area contributed by atoms with Crippen molar-refractivity contribution in [2.75, 3.05) is 7.11 Å². The van der Waals surface area contributed by atoms with Crippen LogP contribution in [-0.2, 0) is 12.0 Å². The Morgan fingerprint density at radius 2 is 1.73 bits per heavy atom. The molecule has 3 aromatic heterocycles. The topological polar surface area (TPSA) is 79.1 Å². The predicted octanol–water partition coefficient (Wildman–Crippen LogP) is 6.26. The van der Waals surface area contributed by atoms with Crippen LogP contribution in [0.3, 0.4) is 0 Å². The summed E-state index contributed by atoms with van der Waals surface area (Å²) in [6.45, 7) is 12.3. The van der Waals surface area contributed by atoms with E-state index in [1.807, 2.05) is 63.4 Å². The fourth-order valence-electron chi connectivity index (χ4n) is 3.96. The van der Waals surface area contributed by atoms with Gasteiger partial charge in [-0.3, -0.25) is 14.3 Å². The molecule has 192 valence electrons. The molecule has 0 radical (unpaired) electrons. The highest BCUT2D eigenvalue weighted by Gasteiger charge is 2.21. The lowest BCUT2D eigenvalue weighted by molar-refractivity contribution is 0.302. The Bertz CT molecular complexity index is 1520. The van der Waals surface area contributed by atoms with Crippen LogP contribution >= 0.6 is 15.9 Å². The van der Waals surface area contributed by atoms with Crippen molar-refractivity contribution >= 4 is 15.9 Å². The van der Waals surface area contributed by atoms with Crippen LogP contribution in [-0.4, -0.2) is 26.6 Å². The average molecular weight is 563 g/mol. The number of aryl methyl sites for hydroxylation is 3. The van der Waals surface area contributed by atoms with Gasteiger partial charge in [0.2, 0.25) is 0 Å². The molecule has 7 nitrogen and oxygen atoms in total. The summed E-state index contributed by atoms with van der Waals surface area (Å²) in [4.78, 5) is 27.5. The number of hydrogen-bond donors (Lipinski definition) is 0. The number of halogens is 1. The van der Waals surface area contributed by atoms with Crippen LogP contribution in [0.2, 0.25) is 0 Å². The van der Waals surface area contributed by atoms with Gasteiger partial charge >= 0.3 is 0 Å². The third-order valence-electron chi connectivity index (χ3n) is 6.03. The van der Waals surface area contributed by atoms with Crippen LogP contribution < -0.4 is 15.0 Å². The molecule has 1 aromatic carbocycles. The van der Waals surface area contributed by atoms with Gasteiger partial charge < -0.3 is 9.47 Å². The van der Waals surface area contributed by atoms with Crippen molar-refractivity contribution in [2.45, 2.75) is 53.6 Å². The Morgan fingerprint density at radius 3 is 2.43 bits per heavy atom. The monoisotopic (exact) mass is 562 g/mol. The van der Waals surface area contributed by atoms with Gasteiger partial charge in [-0.1, -0.05) is 32.9 Å². The van der Waals surface area contributed by atoms with Gasteiger partial charge in [0.15, 0.2) is 0 Å². The van der Waals surface area contributed by atoms with Crippen LogP contribution in [0.5, 0.6) is 11.5 Å². The number of aromatic nitrogens is 4. The van der Waals surface area contributed by atoms with E-state index in [0.717, 1.165) is 45.3 Å². The lowest BCUT2D eigenvalue weighted by Gasteiger charge is -2.19. The second-order valence-electron chi connectivity index (χ2n) is 10.1. The fourth-order valence-corrected chi connectivity index (χ4v) is 4.36. The van der Waals surface area contributed by atoms with Crippen LogP contribution in [0.25, 0.3) is 17.1 Å². The first-order valence-corrected chi connectivity index (χ1v) is 12.8. The average Bonchev–Trinajstić information content (AvgIpc) is 2.86. The largest absolute Gasteiger partial charge is 0.497 e. The first kappa shape index (κ1) is 26.5. The molecule has 4 aromatic rings. The van der Waals surface area contributed by atoms with Gasteiger partial charge in [0.25, 0.3) is 5.56 Å². The minimum atomic E-state index is -0.212. The molecule has 0 bridgehead atoms. The minimum absolute atomic E-state index is 0.199. The van der Waals surface area contributed by atoms with Gasteiger partial charge in [-0.25, -0.2) is 9.97 Å². The fraction of sp³-hybridized carbons (Fsp3) is 0.310. The van der Waals surface area contributed by atoms with E-state index in [2.05, 4.69) is 46.7 Å². The zero-order valence-electron chi connectivity index (χ0n) is 22.2. The zero-order valence-corrected chi connectivity index (χ0v) is 23.8. The number of hydrogen-bond acceptors (Lipinski definition) is 6. The number of ether oxygens (including phenoxy) is 2. The van der Waals surface area contributed by atoms with Gasteiger partial charge in [0, 0.05) is 29.6 Å². The molecule has 0 fully saturated rings. The highest BCUT2D eigenvalue weighted by atomic mass is 79.9. The third kappa shape index (κ3) is 5.59. The van der Waals surface area contributed by atoms with Crippen molar-refractivity contribution in [2.24, 2.45) is 0 Å². The molecule has 0 unspecified atom stereocenters. The van der Waals surface area contributed by atoms with Crippen LogP contribution in [0.1, 0.15) is 49.0 Å². The first-order valence-electron chi connectivity index (χ1n) is 12.0. The summed E-state index contributed by atoms with van der Waals surface area (Å²) in [5, 5.41) is 0. The van der Waals surface area contributed by atoms with Crippen LogP contribution in [0.15, 0.2) is 58.1 Å². The summed E-state index contributed by atoms with van der Waals surface area (Å²) in [6, 6.07) is 11.4. The van der Waals surface area contributed by atoms with E-state index >= 15 is 0 Å². The number of methoxy groups -OCH3 is 1. The lowest BCUT2D eigenvalue weighted by Crippen LogP contribution is -2.23. The number of pyridine rings is 2.